The second kappa shape index (κ2) is 10.3. The Morgan fingerprint density at radius 1 is 1.11 bits per heavy atom. The summed E-state index contributed by atoms with van der Waals surface area (Å²) in [4.78, 5) is 16.2. The highest BCUT2D eigenvalue weighted by Crippen LogP contribution is 2.27. The molecule has 0 spiro atoms. The van der Waals surface area contributed by atoms with Gasteiger partial charge in [0, 0.05) is 85.2 Å². The van der Waals surface area contributed by atoms with Crippen molar-refractivity contribution in [1.82, 2.24) is 19.5 Å². The van der Waals surface area contributed by atoms with Crippen LogP contribution in [0.2, 0.25) is 0 Å². The van der Waals surface area contributed by atoms with Crippen molar-refractivity contribution in [3.05, 3.63) is 60.4 Å². The molecule has 1 aliphatic rings. The van der Waals surface area contributed by atoms with Crippen molar-refractivity contribution < 1.29 is 8.42 Å². The van der Waals surface area contributed by atoms with Crippen LogP contribution < -0.4 is 10.2 Å². The number of anilines is 3. The van der Waals surface area contributed by atoms with Gasteiger partial charge in [0.2, 0.25) is 5.95 Å². The van der Waals surface area contributed by atoms with Gasteiger partial charge in [-0.05, 0) is 48.9 Å². The number of rotatable bonds is 7. The summed E-state index contributed by atoms with van der Waals surface area (Å²) in [6.45, 7) is 3.38. The van der Waals surface area contributed by atoms with Crippen molar-refractivity contribution in [3.63, 3.8) is 0 Å². The molecule has 1 saturated heterocycles. The van der Waals surface area contributed by atoms with Crippen LogP contribution in [-0.2, 0) is 25.9 Å². The quantitative estimate of drug-likeness (QED) is 0.339. The Bertz CT molecular complexity index is 1680. The molecule has 4 aromatic rings. The van der Waals surface area contributed by atoms with E-state index in [9.17, 15) is 8.42 Å². The van der Waals surface area contributed by atoms with E-state index in [1.54, 1.807) is 24.8 Å². The third-order valence-electron chi connectivity index (χ3n) is 6.26. The fourth-order valence-corrected chi connectivity index (χ4v) is 6.27. The number of nitrogens with one attached hydrogen (secondary N) is 2. The molecule has 4 heterocycles. The van der Waals surface area contributed by atoms with E-state index in [0.717, 1.165) is 40.9 Å². The van der Waals surface area contributed by atoms with Crippen molar-refractivity contribution in [3.8, 4) is 5.82 Å². The maximum Gasteiger partial charge on any atom is 0.229 e. The Morgan fingerprint density at radius 2 is 1.84 bits per heavy atom. The van der Waals surface area contributed by atoms with E-state index in [0.29, 0.717) is 42.2 Å². The molecule has 0 atom stereocenters. The van der Waals surface area contributed by atoms with Crippen molar-refractivity contribution in [1.29, 1.82) is 4.78 Å². The zero-order valence-corrected chi connectivity index (χ0v) is 23.4. The molecule has 12 heteroatoms. The number of hydrogen-bond acceptors (Lipinski definition) is 9. The Kier molecular flexibility index (Phi) is 7.10. The molecular formula is C26H32N8O2S2. The van der Waals surface area contributed by atoms with Crippen LogP contribution in [0.4, 0.5) is 23.1 Å². The molecule has 0 aliphatic carbocycles. The maximum absolute atomic E-state index is 12.2. The van der Waals surface area contributed by atoms with Gasteiger partial charge >= 0.3 is 0 Å². The fraction of sp³-hybridized carbons (Fsp3) is 0.346. The van der Waals surface area contributed by atoms with E-state index in [2.05, 4.69) is 37.5 Å². The van der Waals surface area contributed by atoms with Gasteiger partial charge in [0.1, 0.15) is 5.82 Å². The predicted molar refractivity (Wildman–Crippen MR) is 155 cm³/mol. The lowest BCUT2D eigenvalue weighted by Gasteiger charge is -2.30. The van der Waals surface area contributed by atoms with E-state index in [-0.39, 0.29) is 0 Å². The van der Waals surface area contributed by atoms with Crippen LogP contribution in [0.15, 0.2) is 59.1 Å². The molecule has 38 heavy (non-hydrogen) atoms. The van der Waals surface area contributed by atoms with Crippen molar-refractivity contribution >= 4 is 53.6 Å². The lowest BCUT2D eigenvalue weighted by molar-refractivity contribution is 0.664. The first kappa shape index (κ1) is 26.1. The van der Waals surface area contributed by atoms with Gasteiger partial charge < -0.3 is 10.2 Å². The number of fused-ring (bicyclic) bond motifs is 1. The first-order valence-corrected chi connectivity index (χ1v) is 16.7. The monoisotopic (exact) mass is 552 g/mol. The number of aryl methyl sites for hydroxylation is 1. The van der Waals surface area contributed by atoms with Gasteiger partial charge in [0.05, 0.1) is 0 Å². The van der Waals surface area contributed by atoms with E-state index in [4.69, 9.17) is 9.76 Å². The Hall–Kier alpha value is -3.51. The summed E-state index contributed by atoms with van der Waals surface area (Å²) in [6.07, 6.45) is 6.79. The summed E-state index contributed by atoms with van der Waals surface area (Å²) in [7, 11) is -4.76. The van der Waals surface area contributed by atoms with E-state index >= 15 is 0 Å². The van der Waals surface area contributed by atoms with Crippen molar-refractivity contribution in [2.45, 2.75) is 19.8 Å². The van der Waals surface area contributed by atoms with Crippen LogP contribution in [0.5, 0.6) is 0 Å². The number of pyridine rings is 1. The Labute approximate surface area is 223 Å². The molecule has 5 rings (SSSR count). The molecule has 2 N–H and O–H groups in total. The SMILES string of the molecule is CCCc1cc2cnc(Nc3ccc(N4CCS(=N)(=O)CC4)cc3)nc2n1-c1cccc(N=S(C)(C)=O)n1. The third-order valence-corrected chi connectivity index (χ3v) is 8.57. The van der Waals surface area contributed by atoms with Crippen LogP contribution in [0.25, 0.3) is 16.9 Å². The van der Waals surface area contributed by atoms with Crippen LogP contribution >= 0.6 is 0 Å². The Balaban J connectivity index is 1.45. The molecule has 0 radical (unpaired) electrons. The van der Waals surface area contributed by atoms with Crippen molar-refractivity contribution in [2.75, 3.05) is 47.3 Å². The van der Waals surface area contributed by atoms with Gasteiger partial charge in [0.25, 0.3) is 0 Å². The molecule has 1 aliphatic heterocycles. The van der Waals surface area contributed by atoms with Gasteiger partial charge in [-0.1, -0.05) is 19.4 Å². The summed E-state index contributed by atoms with van der Waals surface area (Å²) < 4.78 is 38.3. The highest BCUT2D eigenvalue weighted by molar-refractivity contribution is 7.92. The average Bonchev–Trinajstić information content (AvgIpc) is 3.21. The van der Waals surface area contributed by atoms with E-state index in [1.165, 1.54) is 0 Å². The number of hydrogen-bond donors (Lipinski definition) is 2. The molecule has 0 unspecified atom stereocenters. The van der Waals surface area contributed by atoms with Gasteiger partial charge in [-0.15, -0.1) is 0 Å². The van der Waals surface area contributed by atoms with Gasteiger partial charge in [-0.3, -0.25) is 9.35 Å². The number of nitrogens with zero attached hydrogens (tertiary/aromatic N) is 6. The molecule has 3 aromatic heterocycles. The second-order valence-electron chi connectivity index (χ2n) is 9.70. The Morgan fingerprint density at radius 3 is 2.53 bits per heavy atom. The highest BCUT2D eigenvalue weighted by Gasteiger charge is 2.19. The summed E-state index contributed by atoms with van der Waals surface area (Å²) in [5, 5.41) is 4.20. The molecule has 0 saturated carbocycles. The van der Waals surface area contributed by atoms with Crippen LogP contribution in [0.3, 0.4) is 0 Å². The summed E-state index contributed by atoms with van der Waals surface area (Å²) in [6, 6.07) is 15.6. The topological polar surface area (TPSA) is 129 Å². The summed E-state index contributed by atoms with van der Waals surface area (Å²) >= 11 is 0. The van der Waals surface area contributed by atoms with Crippen LogP contribution in [0, 0.1) is 4.78 Å². The van der Waals surface area contributed by atoms with Crippen LogP contribution in [-0.4, -0.2) is 65.0 Å². The normalized spacial score (nSPS) is 15.5. The smallest absolute Gasteiger partial charge is 0.229 e. The van der Waals surface area contributed by atoms with Gasteiger partial charge in [0.15, 0.2) is 11.5 Å². The molecular weight excluding hydrogens is 520 g/mol. The zero-order valence-electron chi connectivity index (χ0n) is 21.8. The minimum absolute atomic E-state index is 0.405. The summed E-state index contributed by atoms with van der Waals surface area (Å²) in [5.74, 6) is 2.36. The zero-order chi connectivity index (χ0) is 26.9. The molecule has 0 amide bonds. The van der Waals surface area contributed by atoms with Crippen LogP contribution in [0.1, 0.15) is 19.0 Å². The first-order valence-electron chi connectivity index (χ1n) is 12.5. The largest absolute Gasteiger partial charge is 0.370 e. The third kappa shape index (κ3) is 5.97. The number of benzene rings is 1. The maximum atomic E-state index is 12.2. The minimum atomic E-state index is -2.42. The van der Waals surface area contributed by atoms with Gasteiger partial charge in [-0.2, -0.15) is 9.35 Å². The molecule has 1 fully saturated rings. The molecule has 200 valence electrons. The highest BCUT2D eigenvalue weighted by atomic mass is 32.2. The van der Waals surface area contributed by atoms with E-state index in [1.807, 2.05) is 41.0 Å². The first-order chi connectivity index (χ1) is 18.1. The lowest BCUT2D eigenvalue weighted by atomic mass is 10.2. The summed E-state index contributed by atoms with van der Waals surface area (Å²) in [5.41, 5.74) is 3.68. The number of aromatic nitrogens is 4. The minimum Gasteiger partial charge on any atom is -0.370 e. The molecule has 1 aromatic carbocycles. The van der Waals surface area contributed by atoms with Crippen molar-refractivity contribution in [2.24, 2.45) is 4.36 Å². The molecule has 0 bridgehead atoms. The van der Waals surface area contributed by atoms with E-state index < -0.39 is 19.5 Å². The fourth-order valence-electron chi connectivity index (χ4n) is 4.48. The molecule has 10 nitrogen and oxygen atoms in total. The standard InChI is InChI=1S/C26H32N8O2S2/c1-4-6-22-17-19-18-28-26(29-20-9-11-21(12-10-20)33-13-15-38(27,36)16-14-33)31-25(19)34(22)24-8-5-7-23(30-24)32-37(2,3)35/h5,7-12,17-18,27H,4,6,13-16H2,1-3H3,(H,28,29,31). The predicted octanol–water partition coefficient (Wildman–Crippen LogP) is 4.74. The second-order valence-corrected chi connectivity index (χ2v) is 14.7. The average molecular weight is 553 g/mol. The lowest BCUT2D eigenvalue weighted by Crippen LogP contribution is -2.39. The van der Waals surface area contributed by atoms with Gasteiger partial charge in [-0.25, -0.2) is 18.4 Å².